The Hall–Kier alpha value is -2.05. The highest BCUT2D eigenvalue weighted by atomic mass is 19.1. The summed E-state index contributed by atoms with van der Waals surface area (Å²) in [4.78, 5) is 25.0. The molecular formula is C14H19FN4O2. The zero-order valence-electron chi connectivity index (χ0n) is 12.3. The number of carbonyl (C=O) groups excluding carboxylic acids is 1. The van der Waals surface area contributed by atoms with Crippen LogP contribution in [-0.2, 0) is 4.79 Å². The van der Waals surface area contributed by atoms with Crippen LogP contribution in [0.2, 0.25) is 0 Å². The number of carbonyl (C=O) groups is 1. The number of aromatic nitrogens is 2. The molecule has 1 aromatic heterocycles. The molecule has 0 bridgehead atoms. The second kappa shape index (κ2) is 7.10. The number of esters is 1. The first kappa shape index (κ1) is 15.3. The van der Waals surface area contributed by atoms with E-state index in [-0.39, 0.29) is 23.7 Å². The summed E-state index contributed by atoms with van der Waals surface area (Å²) >= 11 is 0. The Morgan fingerprint density at radius 2 is 2.14 bits per heavy atom. The molecule has 0 spiro atoms. The van der Waals surface area contributed by atoms with E-state index < -0.39 is 5.82 Å². The van der Waals surface area contributed by atoms with Crippen LogP contribution in [0.5, 0.6) is 6.01 Å². The molecule has 2 rings (SSSR count). The van der Waals surface area contributed by atoms with E-state index in [4.69, 9.17) is 4.74 Å². The van der Waals surface area contributed by atoms with Gasteiger partial charge in [-0.25, -0.2) is 14.4 Å². The van der Waals surface area contributed by atoms with Crippen molar-refractivity contribution in [1.29, 1.82) is 0 Å². The van der Waals surface area contributed by atoms with E-state index >= 15 is 0 Å². The van der Waals surface area contributed by atoms with Crippen molar-refractivity contribution in [3.63, 3.8) is 0 Å². The predicted molar refractivity (Wildman–Crippen MR) is 76.0 cm³/mol. The Kier molecular flexibility index (Phi) is 5.19. The van der Waals surface area contributed by atoms with Crippen LogP contribution in [0, 0.1) is 11.7 Å². The molecule has 114 valence electrons. The van der Waals surface area contributed by atoms with Gasteiger partial charge in [0.1, 0.15) is 0 Å². The SMILES string of the molecule is CN(C)/C=N/c1nc(OC(=O)C2CCCCC2)ncc1F. The van der Waals surface area contributed by atoms with E-state index in [0.717, 1.165) is 38.3 Å². The van der Waals surface area contributed by atoms with Crippen LogP contribution < -0.4 is 4.74 Å². The maximum atomic E-state index is 13.5. The van der Waals surface area contributed by atoms with Crippen LogP contribution in [0.1, 0.15) is 32.1 Å². The van der Waals surface area contributed by atoms with Gasteiger partial charge in [0, 0.05) is 14.1 Å². The lowest BCUT2D eigenvalue weighted by atomic mass is 9.89. The highest BCUT2D eigenvalue weighted by Crippen LogP contribution is 2.25. The Morgan fingerprint density at radius 3 is 2.81 bits per heavy atom. The van der Waals surface area contributed by atoms with Crippen molar-refractivity contribution in [2.24, 2.45) is 10.9 Å². The van der Waals surface area contributed by atoms with Crippen molar-refractivity contribution in [2.75, 3.05) is 14.1 Å². The van der Waals surface area contributed by atoms with Crippen LogP contribution >= 0.6 is 0 Å². The number of halogens is 1. The van der Waals surface area contributed by atoms with Crippen LogP contribution in [0.15, 0.2) is 11.2 Å². The van der Waals surface area contributed by atoms with Crippen LogP contribution in [0.4, 0.5) is 10.2 Å². The molecule has 0 aromatic carbocycles. The summed E-state index contributed by atoms with van der Waals surface area (Å²) in [6.45, 7) is 0. The predicted octanol–water partition coefficient (Wildman–Crippen LogP) is 2.32. The van der Waals surface area contributed by atoms with Gasteiger partial charge in [0.05, 0.1) is 18.5 Å². The lowest BCUT2D eigenvalue weighted by molar-refractivity contribution is -0.140. The average molecular weight is 294 g/mol. The van der Waals surface area contributed by atoms with Gasteiger partial charge in [-0.05, 0) is 12.8 Å². The summed E-state index contributed by atoms with van der Waals surface area (Å²) in [7, 11) is 3.51. The molecule has 7 heteroatoms. The molecule has 0 saturated heterocycles. The fourth-order valence-electron chi connectivity index (χ4n) is 2.16. The van der Waals surface area contributed by atoms with Crippen molar-refractivity contribution >= 4 is 18.1 Å². The summed E-state index contributed by atoms with van der Waals surface area (Å²) in [6, 6.07) is -0.155. The van der Waals surface area contributed by atoms with E-state index in [1.165, 1.54) is 6.34 Å². The molecule has 0 amide bonds. The van der Waals surface area contributed by atoms with Gasteiger partial charge in [-0.1, -0.05) is 19.3 Å². The Morgan fingerprint density at radius 1 is 1.43 bits per heavy atom. The van der Waals surface area contributed by atoms with Gasteiger partial charge in [0.2, 0.25) is 0 Å². The van der Waals surface area contributed by atoms with Crippen molar-refractivity contribution in [3.8, 4) is 6.01 Å². The lowest BCUT2D eigenvalue weighted by Crippen LogP contribution is -2.23. The van der Waals surface area contributed by atoms with Gasteiger partial charge < -0.3 is 9.64 Å². The van der Waals surface area contributed by atoms with E-state index in [1.807, 2.05) is 0 Å². The van der Waals surface area contributed by atoms with Gasteiger partial charge in [0.25, 0.3) is 0 Å². The first-order valence-electron chi connectivity index (χ1n) is 7.01. The third-order valence-corrected chi connectivity index (χ3v) is 3.24. The largest absolute Gasteiger partial charge is 0.391 e. The van der Waals surface area contributed by atoms with E-state index in [1.54, 1.807) is 19.0 Å². The van der Waals surface area contributed by atoms with E-state index in [0.29, 0.717) is 0 Å². The summed E-state index contributed by atoms with van der Waals surface area (Å²) < 4.78 is 18.7. The molecule has 6 nitrogen and oxygen atoms in total. The Balaban J connectivity index is 2.06. The van der Waals surface area contributed by atoms with E-state index in [2.05, 4.69) is 15.0 Å². The minimum Gasteiger partial charge on any atom is -0.391 e. The van der Waals surface area contributed by atoms with E-state index in [9.17, 15) is 9.18 Å². The van der Waals surface area contributed by atoms with Crippen molar-refractivity contribution in [3.05, 3.63) is 12.0 Å². The summed E-state index contributed by atoms with van der Waals surface area (Å²) in [5.41, 5.74) is 0. The molecule has 0 radical (unpaired) electrons. The normalized spacial score (nSPS) is 16.1. The molecular weight excluding hydrogens is 275 g/mol. The molecule has 1 aliphatic carbocycles. The minimum atomic E-state index is -0.662. The Bertz CT molecular complexity index is 528. The molecule has 1 aliphatic rings. The standard InChI is InChI=1S/C14H19FN4O2/c1-19(2)9-17-12-11(15)8-16-14(18-12)21-13(20)10-6-4-3-5-7-10/h8-10H,3-7H2,1-2H3/b17-9+. The number of hydrogen-bond donors (Lipinski definition) is 0. The van der Waals surface area contributed by atoms with Crippen molar-refractivity contribution < 1.29 is 13.9 Å². The molecule has 1 heterocycles. The topological polar surface area (TPSA) is 67.7 Å². The number of ether oxygens (including phenoxy) is 1. The maximum absolute atomic E-state index is 13.5. The Labute approximate surface area is 123 Å². The molecule has 0 N–H and O–H groups in total. The van der Waals surface area contributed by atoms with Gasteiger partial charge in [-0.3, -0.25) is 4.79 Å². The lowest BCUT2D eigenvalue weighted by Gasteiger charge is -2.19. The minimum absolute atomic E-state index is 0.110. The third kappa shape index (κ3) is 4.47. The van der Waals surface area contributed by atoms with Crippen LogP contribution in [-0.4, -0.2) is 41.3 Å². The second-order valence-corrected chi connectivity index (χ2v) is 5.29. The molecule has 0 unspecified atom stereocenters. The number of nitrogens with zero attached hydrogens (tertiary/aromatic N) is 4. The van der Waals surface area contributed by atoms with Gasteiger partial charge in [0.15, 0.2) is 11.6 Å². The van der Waals surface area contributed by atoms with Crippen molar-refractivity contribution in [2.45, 2.75) is 32.1 Å². The number of rotatable bonds is 4. The first-order chi connectivity index (χ1) is 10.1. The van der Waals surface area contributed by atoms with Crippen LogP contribution in [0.3, 0.4) is 0 Å². The van der Waals surface area contributed by atoms with Gasteiger partial charge in [-0.2, -0.15) is 4.98 Å². The quantitative estimate of drug-likeness (QED) is 0.484. The smallest absolute Gasteiger partial charge is 0.326 e. The van der Waals surface area contributed by atoms with Crippen LogP contribution in [0.25, 0.3) is 0 Å². The molecule has 1 fully saturated rings. The summed E-state index contributed by atoms with van der Waals surface area (Å²) in [5, 5.41) is 0. The second-order valence-electron chi connectivity index (χ2n) is 5.29. The fraction of sp³-hybridized carbons (Fsp3) is 0.571. The zero-order chi connectivity index (χ0) is 15.2. The third-order valence-electron chi connectivity index (χ3n) is 3.24. The molecule has 1 saturated carbocycles. The fourth-order valence-corrected chi connectivity index (χ4v) is 2.16. The average Bonchev–Trinajstić information content (AvgIpc) is 2.48. The molecule has 0 atom stereocenters. The zero-order valence-corrected chi connectivity index (χ0v) is 12.3. The summed E-state index contributed by atoms with van der Waals surface area (Å²) in [5.74, 6) is -1.26. The molecule has 1 aromatic rings. The maximum Gasteiger partial charge on any atom is 0.326 e. The number of aliphatic imine (C=N–C) groups is 1. The first-order valence-corrected chi connectivity index (χ1v) is 7.01. The number of hydrogen-bond acceptors (Lipinski definition) is 5. The highest BCUT2D eigenvalue weighted by Gasteiger charge is 2.24. The molecule has 0 aliphatic heterocycles. The van der Waals surface area contributed by atoms with Gasteiger partial charge in [-0.15, -0.1) is 0 Å². The highest BCUT2D eigenvalue weighted by molar-refractivity contribution is 5.74. The summed E-state index contributed by atoms with van der Waals surface area (Å²) in [6.07, 6.45) is 7.24. The van der Waals surface area contributed by atoms with Crippen molar-refractivity contribution in [1.82, 2.24) is 14.9 Å². The monoisotopic (exact) mass is 294 g/mol. The molecule has 21 heavy (non-hydrogen) atoms. The van der Waals surface area contributed by atoms with Gasteiger partial charge >= 0.3 is 12.0 Å².